The number of para-hydroxylation sites is 1. The van der Waals surface area contributed by atoms with Gasteiger partial charge in [-0.15, -0.1) is 0 Å². The molecule has 0 bridgehead atoms. The zero-order valence-corrected chi connectivity index (χ0v) is 17.7. The predicted molar refractivity (Wildman–Crippen MR) is 118 cm³/mol. The number of carboxylic acid groups (broad SMARTS) is 1. The number of rotatable bonds is 10. The topological polar surface area (TPSA) is 118 Å². The first-order valence-corrected chi connectivity index (χ1v) is 11.2. The first-order valence-electron chi connectivity index (χ1n) is 9.72. The highest BCUT2D eigenvalue weighted by molar-refractivity contribution is 7.92. The quantitative estimate of drug-likeness (QED) is 0.394. The Labute approximate surface area is 181 Å². The smallest absolute Gasteiger partial charge is 0.335 e. The number of hydrogen-bond donors (Lipinski definition) is 3. The predicted octanol–water partition coefficient (Wildman–Crippen LogP) is 4.58. The van der Waals surface area contributed by atoms with Crippen LogP contribution in [0.2, 0.25) is 0 Å². The standard InChI is InChI=1S/C22H23N3O5S/c1-2-3-12-23-18-14-16(22(26)27)15-19(21(18)30-17-9-5-4-6-10-17)31(28,29)25-20-11-7-8-13-24-20/h4-11,13-15,23H,2-3,12H2,1H3,(H,24,25)(H,26,27). The van der Waals surface area contributed by atoms with Crippen LogP contribution in [-0.4, -0.2) is 31.0 Å². The molecule has 3 N–H and O–H groups in total. The van der Waals surface area contributed by atoms with Gasteiger partial charge < -0.3 is 15.2 Å². The number of ether oxygens (including phenoxy) is 1. The molecule has 0 aliphatic rings. The van der Waals surface area contributed by atoms with Gasteiger partial charge in [-0.3, -0.25) is 4.72 Å². The molecule has 0 atom stereocenters. The van der Waals surface area contributed by atoms with Gasteiger partial charge in [0.25, 0.3) is 10.0 Å². The number of benzene rings is 2. The number of carbonyl (C=O) groups is 1. The lowest BCUT2D eigenvalue weighted by Gasteiger charge is -2.18. The summed E-state index contributed by atoms with van der Waals surface area (Å²) in [5.74, 6) is -0.720. The lowest BCUT2D eigenvalue weighted by molar-refractivity contribution is 0.0696. The van der Waals surface area contributed by atoms with Gasteiger partial charge in [0.1, 0.15) is 16.5 Å². The molecule has 0 spiro atoms. The third-order valence-electron chi connectivity index (χ3n) is 4.30. The number of anilines is 2. The Hall–Kier alpha value is -3.59. The van der Waals surface area contributed by atoms with Crippen molar-refractivity contribution in [2.45, 2.75) is 24.7 Å². The minimum Gasteiger partial charge on any atom is -0.478 e. The van der Waals surface area contributed by atoms with E-state index in [1.807, 2.05) is 6.92 Å². The fraction of sp³-hybridized carbons (Fsp3) is 0.182. The van der Waals surface area contributed by atoms with Crippen LogP contribution in [-0.2, 0) is 10.0 Å². The van der Waals surface area contributed by atoms with Crippen molar-refractivity contribution in [3.8, 4) is 11.5 Å². The molecule has 0 saturated heterocycles. The lowest BCUT2D eigenvalue weighted by atomic mass is 10.1. The van der Waals surface area contributed by atoms with E-state index in [9.17, 15) is 18.3 Å². The first kappa shape index (κ1) is 22.1. The van der Waals surface area contributed by atoms with E-state index < -0.39 is 16.0 Å². The fourth-order valence-corrected chi connectivity index (χ4v) is 3.97. The molecule has 3 aromatic rings. The van der Waals surface area contributed by atoms with Crippen molar-refractivity contribution in [3.63, 3.8) is 0 Å². The van der Waals surface area contributed by atoms with Gasteiger partial charge in [0, 0.05) is 12.7 Å². The Bertz CT molecular complexity index is 1140. The Kier molecular flexibility index (Phi) is 7.09. The zero-order valence-electron chi connectivity index (χ0n) is 16.9. The second kappa shape index (κ2) is 9.94. The monoisotopic (exact) mass is 441 g/mol. The lowest BCUT2D eigenvalue weighted by Crippen LogP contribution is -2.17. The molecule has 8 nitrogen and oxygen atoms in total. The molecule has 0 amide bonds. The van der Waals surface area contributed by atoms with Crippen LogP contribution in [0.15, 0.2) is 71.8 Å². The molecule has 162 valence electrons. The van der Waals surface area contributed by atoms with Crippen molar-refractivity contribution < 1.29 is 23.1 Å². The molecule has 0 aliphatic carbocycles. The summed E-state index contributed by atoms with van der Waals surface area (Å²) < 4.78 is 34.8. The normalized spacial score (nSPS) is 11.0. The Morgan fingerprint density at radius 3 is 2.48 bits per heavy atom. The van der Waals surface area contributed by atoms with Gasteiger partial charge >= 0.3 is 5.97 Å². The van der Waals surface area contributed by atoms with Crippen molar-refractivity contribution in [1.29, 1.82) is 0 Å². The summed E-state index contributed by atoms with van der Waals surface area (Å²) in [6.45, 7) is 2.54. The van der Waals surface area contributed by atoms with Gasteiger partial charge in [-0.1, -0.05) is 37.6 Å². The molecule has 9 heteroatoms. The van der Waals surface area contributed by atoms with E-state index in [1.54, 1.807) is 42.5 Å². The van der Waals surface area contributed by atoms with Crippen molar-refractivity contribution in [1.82, 2.24) is 4.98 Å². The van der Waals surface area contributed by atoms with E-state index in [-0.39, 0.29) is 27.7 Å². The molecular formula is C22H23N3O5S. The summed E-state index contributed by atoms with van der Waals surface area (Å²) in [6.07, 6.45) is 3.17. The maximum absolute atomic E-state index is 13.2. The minimum atomic E-state index is -4.21. The number of aromatic nitrogens is 1. The average molecular weight is 442 g/mol. The van der Waals surface area contributed by atoms with Gasteiger partial charge in [0.05, 0.1) is 11.3 Å². The van der Waals surface area contributed by atoms with Gasteiger partial charge in [-0.25, -0.2) is 18.2 Å². The summed E-state index contributed by atoms with van der Waals surface area (Å²) in [5.41, 5.74) is 0.0967. The van der Waals surface area contributed by atoms with Crippen LogP contribution >= 0.6 is 0 Å². The van der Waals surface area contributed by atoms with Crippen LogP contribution in [0.5, 0.6) is 11.5 Å². The van der Waals surface area contributed by atoms with Gasteiger partial charge in [0.2, 0.25) is 0 Å². The second-order valence-electron chi connectivity index (χ2n) is 6.67. The molecule has 1 aromatic heterocycles. The highest BCUT2D eigenvalue weighted by Crippen LogP contribution is 2.38. The third kappa shape index (κ3) is 5.73. The number of unbranched alkanes of at least 4 members (excludes halogenated alkanes) is 1. The molecular weight excluding hydrogens is 418 g/mol. The Morgan fingerprint density at radius 1 is 1.10 bits per heavy atom. The van der Waals surface area contributed by atoms with Crippen LogP contribution in [0.1, 0.15) is 30.1 Å². The molecule has 0 saturated carbocycles. The van der Waals surface area contributed by atoms with Gasteiger partial charge in [-0.2, -0.15) is 0 Å². The number of nitrogens with zero attached hydrogens (tertiary/aromatic N) is 1. The van der Waals surface area contributed by atoms with Gasteiger partial charge in [-0.05, 0) is 42.8 Å². The number of aromatic carboxylic acids is 1. The molecule has 2 aromatic carbocycles. The molecule has 0 fully saturated rings. The highest BCUT2D eigenvalue weighted by Gasteiger charge is 2.26. The second-order valence-corrected chi connectivity index (χ2v) is 8.32. The van der Waals surface area contributed by atoms with Crippen LogP contribution < -0.4 is 14.8 Å². The Morgan fingerprint density at radius 2 is 1.84 bits per heavy atom. The van der Waals surface area contributed by atoms with E-state index in [0.717, 1.165) is 18.9 Å². The van der Waals surface area contributed by atoms with Gasteiger partial charge in [0.15, 0.2) is 5.75 Å². The summed E-state index contributed by atoms with van der Waals surface area (Å²) >= 11 is 0. The van der Waals surface area contributed by atoms with Crippen LogP contribution in [0.4, 0.5) is 11.5 Å². The number of nitrogens with one attached hydrogen (secondary N) is 2. The van der Waals surface area contributed by atoms with Crippen LogP contribution in [0.25, 0.3) is 0 Å². The number of hydrogen-bond acceptors (Lipinski definition) is 6. The van der Waals surface area contributed by atoms with Crippen LogP contribution in [0, 0.1) is 0 Å². The van der Waals surface area contributed by atoms with E-state index >= 15 is 0 Å². The first-order chi connectivity index (χ1) is 14.9. The van der Waals surface area contributed by atoms with Crippen molar-refractivity contribution >= 4 is 27.5 Å². The van der Waals surface area contributed by atoms with E-state index in [2.05, 4.69) is 15.0 Å². The maximum Gasteiger partial charge on any atom is 0.335 e. The zero-order chi connectivity index (χ0) is 22.3. The van der Waals surface area contributed by atoms with E-state index in [4.69, 9.17) is 4.74 Å². The summed E-state index contributed by atoms with van der Waals surface area (Å²) in [7, 11) is -4.21. The fourth-order valence-electron chi connectivity index (χ4n) is 2.78. The SMILES string of the molecule is CCCCNc1cc(C(=O)O)cc(S(=O)(=O)Nc2ccccn2)c1Oc1ccccc1. The van der Waals surface area contributed by atoms with E-state index in [0.29, 0.717) is 12.3 Å². The minimum absolute atomic E-state index is 0.00994. The Balaban J connectivity index is 2.14. The van der Waals surface area contributed by atoms with Crippen molar-refractivity contribution in [2.24, 2.45) is 0 Å². The molecule has 1 heterocycles. The summed E-state index contributed by atoms with van der Waals surface area (Å²) in [4.78, 5) is 15.4. The molecule has 0 aliphatic heterocycles. The van der Waals surface area contributed by atoms with Crippen molar-refractivity contribution in [3.05, 3.63) is 72.4 Å². The number of pyridine rings is 1. The molecule has 0 radical (unpaired) electrons. The molecule has 31 heavy (non-hydrogen) atoms. The number of sulfonamides is 1. The largest absolute Gasteiger partial charge is 0.478 e. The van der Waals surface area contributed by atoms with Crippen LogP contribution in [0.3, 0.4) is 0 Å². The van der Waals surface area contributed by atoms with E-state index in [1.165, 1.54) is 18.3 Å². The van der Waals surface area contributed by atoms with Crippen molar-refractivity contribution in [2.75, 3.05) is 16.6 Å². The average Bonchev–Trinajstić information content (AvgIpc) is 2.75. The molecule has 3 rings (SSSR count). The summed E-state index contributed by atoms with van der Waals surface area (Å²) in [5, 5.41) is 12.7. The highest BCUT2D eigenvalue weighted by atomic mass is 32.2. The third-order valence-corrected chi connectivity index (χ3v) is 5.66. The summed E-state index contributed by atoms with van der Waals surface area (Å²) in [6, 6.07) is 15.9. The molecule has 0 unspecified atom stereocenters. The number of carboxylic acids is 1. The maximum atomic E-state index is 13.2.